The number of Topliss-reactive ketones (excluding diaryl/α,β-unsaturated/α-hetero) is 2. The van der Waals surface area contributed by atoms with Gasteiger partial charge in [-0.05, 0) is 19.8 Å². The molecule has 4 nitrogen and oxygen atoms in total. The van der Waals surface area contributed by atoms with E-state index in [1.165, 1.54) is 0 Å². The molecule has 0 aromatic carbocycles. The Bertz CT molecular complexity index is 328. The lowest BCUT2D eigenvalue weighted by Crippen LogP contribution is -2.30. The molecule has 0 heterocycles. The van der Waals surface area contributed by atoms with Gasteiger partial charge in [0, 0.05) is 12.0 Å². The van der Waals surface area contributed by atoms with Gasteiger partial charge in [0.25, 0.3) is 0 Å². The van der Waals surface area contributed by atoms with Crippen molar-refractivity contribution in [2.24, 2.45) is 0 Å². The molecule has 2 atom stereocenters. The molecule has 1 saturated carbocycles. The lowest BCUT2D eigenvalue weighted by Gasteiger charge is -2.22. The summed E-state index contributed by atoms with van der Waals surface area (Å²) in [5, 5.41) is 19.4. The van der Waals surface area contributed by atoms with Crippen LogP contribution >= 0.6 is 0 Å². The molecule has 1 fully saturated rings. The molecule has 1 aliphatic rings. The van der Waals surface area contributed by atoms with Gasteiger partial charge in [0.05, 0.1) is 18.1 Å². The Hall–Kier alpha value is -1.00. The first kappa shape index (κ1) is 13.1. The van der Waals surface area contributed by atoms with E-state index in [1.54, 1.807) is 13.0 Å². The van der Waals surface area contributed by atoms with Gasteiger partial charge in [-0.25, -0.2) is 0 Å². The third-order valence-electron chi connectivity index (χ3n) is 2.98. The van der Waals surface area contributed by atoms with Crippen molar-refractivity contribution >= 4 is 11.6 Å². The first-order chi connectivity index (χ1) is 7.35. The Morgan fingerprint density at radius 1 is 1.50 bits per heavy atom. The summed E-state index contributed by atoms with van der Waals surface area (Å²) < 4.78 is 0. The zero-order valence-electron chi connectivity index (χ0n) is 9.69. The normalized spacial score (nSPS) is 28.2. The van der Waals surface area contributed by atoms with Crippen LogP contribution < -0.4 is 0 Å². The van der Waals surface area contributed by atoms with E-state index in [9.17, 15) is 19.8 Å². The molecule has 0 aromatic rings. The highest BCUT2D eigenvalue weighted by atomic mass is 16.3. The minimum absolute atomic E-state index is 0.00579. The van der Waals surface area contributed by atoms with Gasteiger partial charge >= 0.3 is 0 Å². The Balaban J connectivity index is 2.75. The number of carbonyl (C=O) groups is 2. The maximum Gasteiger partial charge on any atom is 0.168 e. The number of carbonyl (C=O) groups excluding carboxylic acids is 2. The molecule has 0 bridgehead atoms. The highest BCUT2D eigenvalue weighted by Crippen LogP contribution is 2.22. The fourth-order valence-electron chi connectivity index (χ4n) is 1.59. The van der Waals surface area contributed by atoms with Gasteiger partial charge in [0.15, 0.2) is 5.78 Å². The Kier molecular flexibility index (Phi) is 3.99. The second-order valence-corrected chi connectivity index (χ2v) is 4.57. The number of aliphatic hydroxyl groups is 2. The van der Waals surface area contributed by atoms with Gasteiger partial charge in [-0.1, -0.05) is 13.0 Å². The van der Waals surface area contributed by atoms with Crippen molar-refractivity contribution in [3.05, 3.63) is 11.6 Å². The van der Waals surface area contributed by atoms with Crippen molar-refractivity contribution in [2.45, 2.75) is 51.2 Å². The number of hydrogen-bond donors (Lipinski definition) is 2. The second-order valence-electron chi connectivity index (χ2n) is 4.57. The number of hydrogen-bond acceptors (Lipinski definition) is 4. The summed E-state index contributed by atoms with van der Waals surface area (Å²) in [4.78, 5) is 22.5. The van der Waals surface area contributed by atoms with Crippen LogP contribution in [0.3, 0.4) is 0 Å². The van der Waals surface area contributed by atoms with Gasteiger partial charge in [0.2, 0.25) is 0 Å². The highest BCUT2D eigenvalue weighted by Gasteiger charge is 2.29. The summed E-state index contributed by atoms with van der Waals surface area (Å²) in [5.41, 5.74) is -0.595. The predicted octanol–water partition coefficient (Wildman–Crippen LogP) is 0.757. The summed E-state index contributed by atoms with van der Waals surface area (Å²) in [6.07, 6.45) is 1.32. The van der Waals surface area contributed by atoms with E-state index in [1.807, 2.05) is 6.92 Å². The fourth-order valence-corrected chi connectivity index (χ4v) is 1.59. The molecule has 2 unspecified atom stereocenters. The van der Waals surface area contributed by atoms with E-state index in [0.717, 1.165) is 0 Å². The first-order valence-electron chi connectivity index (χ1n) is 5.51. The molecule has 16 heavy (non-hydrogen) atoms. The summed E-state index contributed by atoms with van der Waals surface area (Å²) in [6.45, 7) is 3.52. The minimum atomic E-state index is -0.999. The molecule has 0 aliphatic heterocycles. The standard InChI is InChI=1S/C12H18O4/c1-3-12(2,16)5-4-9-10(14)6-8(13)7-11(9)15/h4,10,14,16H,3,5-7H2,1-2H3. The molecule has 4 heteroatoms. The van der Waals surface area contributed by atoms with Gasteiger partial charge in [0.1, 0.15) is 5.78 Å². The van der Waals surface area contributed by atoms with Crippen LogP contribution in [-0.2, 0) is 9.59 Å². The van der Waals surface area contributed by atoms with E-state index in [-0.39, 0.29) is 30.0 Å². The van der Waals surface area contributed by atoms with Crippen LogP contribution in [0.1, 0.15) is 39.5 Å². The van der Waals surface area contributed by atoms with Crippen molar-refractivity contribution in [1.29, 1.82) is 0 Å². The number of aliphatic hydroxyl groups excluding tert-OH is 1. The molecule has 90 valence electrons. The highest BCUT2D eigenvalue weighted by molar-refractivity contribution is 6.11. The zero-order valence-corrected chi connectivity index (χ0v) is 9.69. The van der Waals surface area contributed by atoms with Gasteiger partial charge in [-0.3, -0.25) is 9.59 Å². The van der Waals surface area contributed by atoms with E-state index >= 15 is 0 Å². The average Bonchev–Trinajstić information content (AvgIpc) is 2.16. The smallest absolute Gasteiger partial charge is 0.168 e. The van der Waals surface area contributed by atoms with Crippen molar-refractivity contribution in [1.82, 2.24) is 0 Å². The minimum Gasteiger partial charge on any atom is -0.390 e. The SMILES string of the molecule is CCC(C)(O)CC=C1C(=O)CC(=O)CC1O. The maximum absolute atomic E-state index is 11.5. The predicted molar refractivity (Wildman–Crippen MR) is 58.9 cm³/mol. The fraction of sp³-hybridized carbons (Fsp3) is 0.667. The van der Waals surface area contributed by atoms with Crippen LogP contribution in [0.25, 0.3) is 0 Å². The first-order valence-corrected chi connectivity index (χ1v) is 5.51. The molecule has 0 spiro atoms. The number of ketones is 2. The summed E-state index contributed by atoms with van der Waals surface area (Å²) >= 11 is 0. The average molecular weight is 226 g/mol. The van der Waals surface area contributed by atoms with Crippen molar-refractivity contribution in [2.75, 3.05) is 0 Å². The molecule has 2 N–H and O–H groups in total. The largest absolute Gasteiger partial charge is 0.390 e. The van der Waals surface area contributed by atoms with Crippen molar-refractivity contribution in [3.63, 3.8) is 0 Å². The molecular weight excluding hydrogens is 208 g/mol. The van der Waals surface area contributed by atoms with E-state index in [4.69, 9.17) is 0 Å². The molecule has 0 radical (unpaired) electrons. The number of rotatable bonds is 3. The van der Waals surface area contributed by atoms with E-state index in [0.29, 0.717) is 12.8 Å². The Labute approximate surface area is 95.0 Å². The molecule has 0 amide bonds. The van der Waals surface area contributed by atoms with Gasteiger partial charge < -0.3 is 10.2 Å². The van der Waals surface area contributed by atoms with E-state index in [2.05, 4.69) is 0 Å². The quantitative estimate of drug-likeness (QED) is 0.550. The maximum atomic E-state index is 11.5. The van der Waals surface area contributed by atoms with Crippen molar-refractivity contribution in [3.8, 4) is 0 Å². The molecule has 1 aliphatic carbocycles. The molecule has 0 saturated heterocycles. The van der Waals surface area contributed by atoms with Crippen LogP contribution in [0.2, 0.25) is 0 Å². The second kappa shape index (κ2) is 4.89. The van der Waals surface area contributed by atoms with Crippen LogP contribution in [0.15, 0.2) is 11.6 Å². The zero-order chi connectivity index (χ0) is 12.3. The lowest BCUT2D eigenvalue weighted by molar-refractivity contribution is -0.129. The van der Waals surface area contributed by atoms with Crippen LogP contribution in [0.4, 0.5) is 0 Å². The van der Waals surface area contributed by atoms with Crippen molar-refractivity contribution < 1.29 is 19.8 Å². The third kappa shape index (κ3) is 3.25. The topological polar surface area (TPSA) is 74.6 Å². The molecule has 0 aromatic heterocycles. The Morgan fingerprint density at radius 3 is 2.62 bits per heavy atom. The molecule has 1 rings (SSSR count). The molecular formula is C12H18O4. The van der Waals surface area contributed by atoms with Crippen LogP contribution in [0, 0.1) is 0 Å². The summed E-state index contributed by atoms with van der Waals surface area (Å²) in [7, 11) is 0. The van der Waals surface area contributed by atoms with Gasteiger partial charge in [-0.15, -0.1) is 0 Å². The third-order valence-corrected chi connectivity index (χ3v) is 2.98. The summed E-state index contributed by atoms with van der Waals surface area (Å²) in [6, 6.07) is 0. The van der Waals surface area contributed by atoms with Crippen LogP contribution in [-0.4, -0.2) is 33.5 Å². The van der Waals surface area contributed by atoms with Gasteiger partial charge in [-0.2, -0.15) is 0 Å². The lowest BCUT2D eigenvalue weighted by atomic mass is 9.87. The van der Waals surface area contributed by atoms with E-state index < -0.39 is 11.7 Å². The Morgan fingerprint density at radius 2 is 2.12 bits per heavy atom. The summed E-state index contributed by atoms with van der Waals surface area (Å²) in [5.74, 6) is -0.549. The monoisotopic (exact) mass is 226 g/mol. The van der Waals surface area contributed by atoms with Crippen LogP contribution in [0.5, 0.6) is 0 Å².